The molecule has 6 atom stereocenters. The van der Waals surface area contributed by atoms with Crippen molar-refractivity contribution in [3.8, 4) is 0 Å². The van der Waals surface area contributed by atoms with Crippen LogP contribution in [0.15, 0.2) is 53.0 Å². The molecule has 5 rings (SSSR count). The van der Waals surface area contributed by atoms with E-state index < -0.39 is 46.8 Å². The third-order valence-corrected chi connectivity index (χ3v) is 10.9. The standard InChI is InChI=1S/C24H18Br3N3O6/c25-13-6-4-11(5-7-13)17(31)10-28(22(32)12-2-1-3-14(8-12)30(35)36)29-23(33)18-15-9-16(19(18)24(29)34)21(27)20(15)26/h1-8,15-16,18-21H,9-10H2/t15-,16-,18-,19-,20+,21+/m1/s1. The van der Waals surface area contributed by atoms with Gasteiger partial charge in [-0.25, -0.2) is 5.01 Å². The third-order valence-electron chi connectivity index (χ3n) is 7.20. The lowest BCUT2D eigenvalue weighted by Gasteiger charge is -2.30. The van der Waals surface area contributed by atoms with Crippen molar-refractivity contribution in [1.82, 2.24) is 10.0 Å². The van der Waals surface area contributed by atoms with E-state index in [-0.39, 0.29) is 38.3 Å². The predicted octanol–water partition coefficient (Wildman–Crippen LogP) is 4.38. The van der Waals surface area contributed by atoms with Crippen molar-refractivity contribution in [3.05, 3.63) is 74.2 Å². The van der Waals surface area contributed by atoms with Crippen LogP contribution in [0.2, 0.25) is 0 Å². The number of nitro benzene ring substituents is 1. The van der Waals surface area contributed by atoms with Gasteiger partial charge in [-0.15, -0.1) is 0 Å². The van der Waals surface area contributed by atoms with Crippen LogP contribution < -0.4 is 0 Å². The number of hydrogen-bond donors (Lipinski definition) is 0. The number of nitro groups is 1. The van der Waals surface area contributed by atoms with Crippen molar-refractivity contribution in [2.24, 2.45) is 23.7 Å². The first kappa shape index (κ1) is 25.2. The van der Waals surface area contributed by atoms with Gasteiger partial charge in [0, 0.05) is 37.4 Å². The van der Waals surface area contributed by atoms with Gasteiger partial charge in [-0.3, -0.25) is 29.3 Å². The van der Waals surface area contributed by atoms with Crippen molar-refractivity contribution < 1.29 is 24.1 Å². The zero-order valence-electron chi connectivity index (χ0n) is 18.4. The third kappa shape index (κ3) is 4.03. The van der Waals surface area contributed by atoms with Gasteiger partial charge in [0.25, 0.3) is 23.4 Å². The fourth-order valence-corrected chi connectivity index (χ4v) is 7.71. The largest absolute Gasteiger partial charge is 0.292 e. The van der Waals surface area contributed by atoms with E-state index in [4.69, 9.17) is 0 Å². The predicted molar refractivity (Wildman–Crippen MR) is 138 cm³/mol. The van der Waals surface area contributed by atoms with E-state index in [1.54, 1.807) is 24.3 Å². The highest BCUT2D eigenvalue weighted by Gasteiger charge is 2.67. The monoisotopic (exact) mass is 681 g/mol. The number of hydrazine groups is 1. The van der Waals surface area contributed by atoms with Gasteiger partial charge in [0.15, 0.2) is 5.78 Å². The van der Waals surface area contributed by atoms with Gasteiger partial charge in [0.1, 0.15) is 6.54 Å². The average molecular weight is 684 g/mol. The van der Waals surface area contributed by atoms with E-state index >= 15 is 0 Å². The van der Waals surface area contributed by atoms with Gasteiger partial charge in [0.2, 0.25) is 0 Å². The Bertz CT molecular complexity index is 1270. The Hall–Kier alpha value is -2.44. The lowest BCUT2D eigenvalue weighted by molar-refractivity contribution is -0.384. The van der Waals surface area contributed by atoms with Crippen LogP contribution in [0.3, 0.4) is 0 Å². The Labute approximate surface area is 230 Å². The van der Waals surface area contributed by atoms with Gasteiger partial charge < -0.3 is 0 Å². The zero-order valence-corrected chi connectivity index (χ0v) is 23.2. The normalized spacial score (nSPS) is 28.4. The average Bonchev–Trinajstić information content (AvgIpc) is 3.47. The molecular weight excluding hydrogens is 666 g/mol. The van der Waals surface area contributed by atoms with Crippen molar-refractivity contribution >= 4 is 77.0 Å². The smallest absolute Gasteiger partial charge is 0.273 e. The number of ketones is 1. The molecule has 1 heterocycles. The summed E-state index contributed by atoms with van der Waals surface area (Å²) < 4.78 is 0.755. The first-order valence-electron chi connectivity index (χ1n) is 11.1. The van der Waals surface area contributed by atoms with Crippen LogP contribution >= 0.6 is 47.8 Å². The van der Waals surface area contributed by atoms with Crippen molar-refractivity contribution in [2.75, 3.05) is 6.54 Å². The molecule has 12 heteroatoms. The maximum Gasteiger partial charge on any atom is 0.273 e. The van der Waals surface area contributed by atoms with Crippen LogP contribution in [0.25, 0.3) is 0 Å². The number of hydrogen-bond acceptors (Lipinski definition) is 6. The highest BCUT2D eigenvalue weighted by molar-refractivity contribution is 9.12. The first-order chi connectivity index (χ1) is 17.1. The number of halogens is 3. The number of Topliss-reactive ketones (excluding diaryl/α,β-unsaturated/α-hetero) is 1. The number of carbonyl (C=O) groups excluding carboxylic acids is 4. The number of carbonyl (C=O) groups is 4. The van der Waals surface area contributed by atoms with E-state index in [0.29, 0.717) is 6.42 Å². The van der Waals surface area contributed by atoms with Gasteiger partial charge in [-0.2, -0.15) is 5.01 Å². The molecule has 3 amide bonds. The number of benzene rings is 2. The highest BCUT2D eigenvalue weighted by atomic mass is 79.9. The number of alkyl halides is 2. The summed E-state index contributed by atoms with van der Waals surface area (Å²) in [5.41, 5.74) is -0.140. The second-order valence-electron chi connectivity index (χ2n) is 9.09. The molecular formula is C24H18Br3N3O6. The minimum absolute atomic E-state index is 0.00534. The summed E-state index contributed by atoms with van der Waals surface area (Å²) in [7, 11) is 0. The lowest BCUT2D eigenvalue weighted by Crippen LogP contribution is -2.52. The van der Waals surface area contributed by atoms with E-state index in [9.17, 15) is 29.3 Å². The molecule has 0 spiro atoms. The maximum atomic E-state index is 13.6. The SMILES string of the molecule is O=C(CN(C(=O)c1cccc([N+](=O)[O-])c1)N1C(=O)[C@@H]2[C@H]3C[C@@H]([C@H](Br)[C@H]3Br)[C@H]2C1=O)c1ccc(Br)cc1. The first-order valence-corrected chi connectivity index (χ1v) is 13.7. The lowest BCUT2D eigenvalue weighted by atomic mass is 9.81. The van der Waals surface area contributed by atoms with Crippen LogP contribution in [0, 0.1) is 33.8 Å². The van der Waals surface area contributed by atoms with Crippen LogP contribution in [-0.4, -0.2) is 54.6 Å². The van der Waals surface area contributed by atoms with E-state index in [0.717, 1.165) is 20.6 Å². The number of rotatable bonds is 6. The molecule has 1 saturated heterocycles. The van der Waals surface area contributed by atoms with Crippen molar-refractivity contribution in [3.63, 3.8) is 0 Å². The molecule has 2 bridgehead atoms. The Balaban J connectivity index is 1.52. The molecule has 1 aliphatic heterocycles. The number of nitrogens with zero attached hydrogens (tertiary/aromatic N) is 3. The summed E-state index contributed by atoms with van der Waals surface area (Å²) in [6.07, 6.45) is 0.711. The Morgan fingerprint density at radius 3 is 2.11 bits per heavy atom. The van der Waals surface area contributed by atoms with Crippen molar-refractivity contribution in [2.45, 2.75) is 16.1 Å². The summed E-state index contributed by atoms with van der Waals surface area (Å²) in [4.78, 5) is 64.6. The summed E-state index contributed by atoms with van der Waals surface area (Å²) >= 11 is 10.6. The molecule has 0 unspecified atom stereocenters. The fourth-order valence-electron chi connectivity index (χ4n) is 5.57. The summed E-state index contributed by atoms with van der Waals surface area (Å²) in [6, 6.07) is 11.5. The van der Waals surface area contributed by atoms with Gasteiger partial charge in [-0.05, 0) is 36.5 Å². The molecule has 2 aliphatic carbocycles. The second-order valence-corrected chi connectivity index (χ2v) is 12.1. The van der Waals surface area contributed by atoms with Crippen LogP contribution in [0.1, 0.15) is 27.1 Å². The van der Waals surface area contributed by atoms with Crippen molar-refractivity contribution in [1.29, 1.82) is 0 Å². The molecule has 186 valence electrons. The second kappa shape index (κ2) is 9.46. The Morgan fingerprint density at radius 1 is 0.972 bits per heavy atom. The summed E-state index contributed by atoms with van der Waals surface area (Å²) in [5, 5.41) is 12.9. The molecule has 2 saturated carbocycles. The summed E-state index contributed by atoms with van der Waals surface area (Å²) in [6.45, 7) is -0.578. The molecule has 2 aromatic carbocycles. The summed E-state index contributed by atoms with van der Waals surface area (Å²) in [5.74, 6) is -3.73. The Kier molecular flexibility index (Phi) is 6.63. The fraction of sp³-hybridized carbons (Fsp3) is 0.333. The number of fused-ring (bicyclic) bond motifs is 5. The minimum Gasteiger partial charge on any atom is -0.292 e. The molecule has 0 radical (unpaired) electrons. The number of amides is 3. The molecule has 3 fully saturated rings. The minimum atomic E-state index is -0.844. The van der Waals surface area contributed by atoms with Gasteiger partial charge >= 0.3 is 0 Å². The zero-order chi connectivity index (χ0) is 25.9. The number of non-ortho nitro benzene ring substituents is 1. The van der Waals surface area contributed by atoms with Crippen LogP contribution in [-0.2, 0) is 9.59 Å². The van der Waals surface area contributed by atoms with E-state index in [1.807, 2.05) is 0 Å². The Morgan fingerprint density at radius 2 is 1.56 bits per heavy atom. The molecule has 36 heavy (non-hydrogen) atoms. The van der Waals surface area contributed by atoms with E-state index in [2.05, 4.69) is 47.8 Å². The quantitative estimate of drug-likeness (QED) is 0.147. The molecule has 3 aliphatic rings. The van der Waals surface area contributed by atoms with E-state index in [1.165, 1.54) is 18.2 Å². The van der Waals surface area contributed by atoms with Crippen LogP contribution in [0.5, 0.6) is 0 Å². The number of imide groups is 1. The highest BCUT2D eigenvalue weighted by Crippen LogP contribution is 2.60. The van der Waals surface area contributed by atoms with Gasteiger partial charge in [-0.1, -0.05) is 66.0 Å². The van der Waals surface area contributed by atoms with Crippen LogP contribution in [0.4, 0.5) is 5.69 Å². The molecule has 0 N–H and O–H groups in total. The van der Waals surface area contributed by atoms with Gasteiger partial charge in [0.05, 0.1) is 16.8 Å². The molecule has 9 nitrogen and oxygen atoms in total. The maximum absolute atomic E-state index is 13.6. The molecule has 0 aromatic heterocycles. The molecule has 2 aromatic rings. The topological polar surface area (TPSA) is 118 Å².